The van der Waals surface area contributed by atoms with Crippen LogP contribution in [0, 0.1) is 13.0 Å². The van der Waals surface area contributed by atoms with E-state index < -0.39 is 11.7 Å². The summed E-state index contributed by atoms with van der Waals surface area (Å²) >= 11 is 1.10. The van der Waals surface area contributed by atoms with Crippen molar-refractivity contribution in [1.82, 2.24) is 0 Å². The molecule has 0 fully saturated rings. The van der Waals surface area contributed by atoms with Crippen LogP contribution in [0.15, 0.2) is 97.1 Å². The van der Waals surface area contributed by atoms with E-state index in [1.54, 1.807) is 6.07 Å². The standard InChI is InChI=1S/C29H41.C15H11F3.C5H5.2ClH.Zr/c1-26(2,3)22-14-18-13-19-15-23(27(4,5)6)25(29(10,11)12)17-21(19)20(18)16-24(22)28(7,8)9;1-11-5-7-12(8-6-11)9-13-3-2-4-14(10-13)15(16,17)18;1-2-4-5-3-1;;;/h14,16-17H,13H2,1-12H3;2-8,10H,1H3;1-5H;2*1H;/q-1;;-1;;;+2/p-2. The molecule has 0 atom stereocenters. The fourth-order valence-electron chi connectivity index (χ4n) is 6.68. The van der Waals surface area contributed by atoms with Gasteiger partial charge in [-0.3, -0.25) is 0 Å². The van der Waals surface area contributed by atoms with Gasteiger partial charge in [0.25, 0.3) is 0 Å². The summed E-state index contributed by atoms with van der Waals surface area (Å²) < 4.78 is 39.0. The number of benzene rings is 4. The minimum atomic E-state index is -4.29. The molecular formula is C49H57Cl2F3Zr-2. The molecule has 5 aromatic rings. The SMILES string of the molecule is CC(C)(C)c1[c-]c2c(cc1C(C)(C)C)-c1cc(C(C)(C)C)c(C(C)(C)C)cc1C2.Cc1ccc([C](=[Zr+2])c2cccc(C(F)(F)F)c2)cc1.[Cl-].[Cl-].c1cc[cH-]c1. The normalized spacial score (nSPS) is 12.5. The molecule has 294 valence electrons. The van der Waals surface area contributed by atoms with Gasteiger partial charge in [0.1, 0.15) is 0 Å². The van der Waals surface area contributed by atoms with Crippen molar-refractivity contribution < 1.29 is 62.2 Å². The van der Waals surface area contributed by atoms with E-state index in [4.69, 9.17) is 0 Å². The van der Waals surface area contributed by atoms with Crippen LogP contribution in [0.2, 0.25) is 0 Å². The second kappa shape index (κ2) is 18.3. The molecule has 6 heteroatoms. The number of fused-ring (bicyclic) bond motifs is 3. The Morgan fingerprint density at radius 1 is 0.600 bits per heavy atom. The molecule has 0 spiro atoms. The Bertz CT molecular complexity index is 1930. The van der Waals surface area contributed by atoms with Crippen LogP contribution in [-0.4, -0.2) is 3.21 Å². The maximum absolute atomic E-state index is 12.7. The average molecular weight is 865 g/mol. The van der Waals surface area contributed by atoms with Crippen LogP contribution in [0.3, 0.4) is 0 Å². The van der Waals surface area contributed by atoms with Crippen molar-refractivity contribution >= 4 is 3.21 Å². The van der Waals surface area contributed by atoms with Crippen LogP contribution in [0.1, 0.15) is 139 Å². The Hall–Kier alpha value is -2.65. The summed E-state index contributed by atoms with van der Waals surface area (Å²) in [6.07, 6.45) is -3.29. The van der Waals surface area contributed by atoms with Crippen LogP contribution in [0.4, 0.5) is 13.2 Å². The van der Waals surface area contributed by atoms with Crippen molar-refractivity contribution in [2.45, 2.75) is 124 Å². The summed E-state index contributed by atoms with van der Waals surface area (Å²) in [5.41, 5.74) is 14.1. The summed E-state index contributed by atoms with van der Waals surface area (Å²) in [5.74, 6) is 0. The Balaban J connectivity index is 0.000000345. The second-order valence-corrected chi connectivity index (χ2v) is 19.7. The Kier molecular flexibility index (Phi) is 16.1. The first-order chi connectivity index (χ1) is 24.3. The number of hydrogen-bond donors (Lipinski definition) is 0. The van der Waals surface area contributed by atoms with Gasteiger partial charge in [-0.2, -0.15) is 35.9 Å². The van der Waals surface area contributed by atoms with E-state index in [1.165, 1.54) is 56.6 Å². The first kappa shape index (κ1) is 48.5. The van der Waals surface area contributed by atoms with Crippen molar-refractivity contribution in [3.8, 4) is 11.1 Å². The van der Waals surface area contributed by atoms with Gasteiger partial charge in [-0.1, -0.05) is 106 Å². The number of rotatable bonds is 2. The number of halogens is 5. The summed E-state index contributed by atoms with van der Waals surface area (Å²) in [7, 11) is 0. The summed E-state index contributed by atoms with van der Waals surface area (Å²) in [6.45, 7) is 30.0. The molecule has 0 saturated carbocycles. The van der Waals surface area contributed by atoms with Gasteiger partial charge in [0.2, 0.25) is 0 Å². The Labute approximate surface area is 357 Å². The molecule has 0 radical (unpaired) electrons. The summed E-state index contributed by atoms with van der Waals surface area (Å²) in [4.78, 5) is 0. The van der Waals surface area contributed by atoms with Gasteiger partial charge in [0.05, 0.1) is 0 Å². The zero-order chi connectivity index (χ0) is 39.7. The van der Waals surface area contributed by atoms with Crippen molar-refractivity contribution in [1.29, 1.82) is 0 Å². The van der Waals surface area contributed by atoms with E-state index in [0.29, 0.717) is 5.56 Å². The van der Waals surface area contributed by atoms with Crippen LogP contribution >= 0.6 is 0 Å². The predicted octanol–water partition coefficient (Wildman–Crippen LogP) is 7.79. The Morgan fingerprint density at radius 2 is 1.11 bits per heavy atom. The van der Waals surface area contributed by atoms with Crippen LogP contribution in [0.25, 0.3) is 11.1 Å². The van der Waals surface area contributed by atoms with E-state index in [2.05, 4.69) is 107 Å². The molecule has 55 heavy (non-hydrogen) atoms. The average Bonchev–Trinajstić information content (AvgIpc) is 3.74. The molecule has 0 aromatic heterocycles. The molecule has 0 saturated heterocycles. The zero-order valence-electron chi connectivity index (χ0n) is 34.8. The van der Waals surface area contributed by atoms with E-state index in [-0.39, 0.29) is 46.5 Å². The summed E-state index contributed by atoms with van der Waals surface area (Å²) in [6, 6.07) is 34.7. The first-order valence-corrected chi connectivity index (χ1v) is 19.8. The zero-order valence-corrected chi connectivity index (χ0v) is 38.8. The smallest absolute Gasteiger partial charge is 0.172 e. The summed E-state index contributed by atoms with van der Waals surface area (Å²) in [5, 5.41) is 0. The number of aryl methyl sites for hydroxylation is 1. The number of hydrogen-bond acceptors (Lipinski definition) is 0. The molecule has 0 unspecified atom stereocenters. The molecule has 1 aliphatic rings. The maximum atomic E-state index is 12.7. The first-order valence-electron chi connectivity index (χ1n) is 18.6. The van der Waals surface area contributed by atoms with Crippen molar-refractivity contribution in [3.63, 3.8) is 0 Å². The van der Waals surface area contributed by atoms with Gasteiger partial charge in [0.15, 0.2) is 0 Å². The minimum Gasteiger partial charge on any atom is -1.00 e. The largest absolute Gasteiger partial charge is 1.00 e. The van der Waals surface area contributed by atoms with Gasteiger partial charge in [-0.25, -0.2) is 12.1 Å². The van der Waals surface area contributed by atoms with Crippen molar-refractivity contribution in [2.24, 2.45) is 0 Å². The monoisotopic (exact) mass is 862 g/mol. The third-order valence-corrected chi connectivity index (χ3v) is 11.0. The van der Waals surface area contributed by atoms with E-state index >= 15 is 0 Å². The molecular weight excluding hydrogens is 808 g/mol. The van der Waals surface area contributed by atoms with Crippen LogP contribution < -0.4 is 24.8 Å². The van der Waals surface area contributed by atoms with E-state index in [1.807, 2.05) is 61.5 Å². The molecule has 5 aromatic carbocycles. The fraction of sp³-hybridized carbons (Fsp3) is 0.388. The van der Waals surface area contributed by atoms with Crippen LogP contribution in [-0.2, 0) is 58.5 Å². The number of alkyl halides is 3. The molecule has 0 N–H and O–H groups in total. The molecule has 1 aliphatic carbocycles. The van der Waals surface area contributed by atoms with E-state index in [9.17, 15) is 13.2 Å². The molecule has 6 rings (SSSR count). The molecule has 0 heterocycles. The quantitative estimate of drug-likeness (QED) is 0.156. The molecule has 0 amide bonds. The van der Waals surface area contributed by atoms with Gasteiger partial charge in [-0.15, -0.1) is 16.7 Å². The van der Waals surface area contributed by atoms with Gasteiger partial charge < -0.3 is 24.8 Å². The molecule has 0 nitrogen and oxygen atoms in total. The third kappa shape index (κ3) is 12.4. The second-order valence-electron chi connectivity index (χ2n) is 18.5. The fourth-order valence-corrected chi connectivity index (χ4v) is 7.48. The minimum absolute atomic E-state index is 0. The van der Waals surface area contributed by atoms with Gasteiger partial charge >= 0.3 is 124 Å². The maximum Gasteiger partial charge on any atom is -0.172 e. The molecule has 0 bridgehead atoms. The third-order valence-electron chi connectivity index (χ3n) is 9.61. The van der Waals surface area contributed by atoms with E-state index in [0.717, 1.165) is 51.1 Å². The van der Waals surface area contributed by atoms with Gasteiger partial charge in [-0.05, 0) is 39.4 Å². The van der Waals surface area contributed by atoms with Crippen molar-refractivity contribution in [2.75, 3.05) is 0 Å². The van der Waals surface area contributed by atoms with Crippen molar-refractivity contribution in [3.05, 3.63) is 159 Å². The predicted molar refractivity (Wildman–Crippen MR) is 216 cm³/mol. The molecule has 0 aliphatic heterocycles. The topological polar surface area (TPSA) is 0 Å². The van der Waals surface area contributed by atoms with Crippen LogP contribution in [0.5, 0.6) is 0 Å². The van der Waals surface area contributed by atoms with Gasteiger partial charge in [0, 0.05) is 0 Å². The Morgan fingerprint density at radius 3 is 1.56 bits per heavy atom.